The van der Waals surface area contributed by atoms with E-state index in [4.69, 9.17) is 4.74 Å². The zero-order chi connectivity index (χ0) is 19.2. The van der Waals surface area contributed by atoms with Crippen LogP contribution in [-0.4, -0.2) is 35.0 Å². The monoisotopic (exact) mass is 456 g/mol. The number of alkyl halides is 1. The molecule has 8 atom stereocenters. The van der Waals surface area contributed by atoms with Crippen molar-refractivity contribution in [3.8, 4) is 0 Å². The quantitative estimate of drug-likeness (QED) is 0.545. The van der Waals surface area contributed by atoms with Gasteiger partial charge in [0.15, 0.2) is 0 Å². The Hall–Kier alpha value is 0.0700. The summed E-state index contributed by atoms with van der Waals surface area (Å²) in [6.45, 7) is 5.64. The largest absolute Gasteiger partial charge is 0.387 e. The van der Waals surface area contributed by atoms with Crippen molar-refractivity contribution in [3.05, 3.63) is 0 Å². The zero-order valence-electron chi connectivity index (χ0n) is 17.1. The van der Waals surface area contributed by atoms with E-state index in [1.54, 1.807) is 0 Å². The van der Waals surface area contributed by atoms with Crippen LogP contribution < -0.4 is 0 Å². The van der Waals surface area contributed by atoms with Crippen LogP contribution in [0.1, 0.15) is 79.1 Å². The highest BCUT2D eigenvalue weighted by molar-refractivity contribution is 9.09. The summed E-state index contributed by atoms with van der Waals surface area (Å²) in [4.78, 5) is 12.5. The molecule has 0 amide bonds. The Labute approximate surface area is 180 Å². The van der Waals surface area contributed by atoms with Crippen molar-refractivity contribution < 1.29 is 14.6 Å². The third-order valence-corrected chi connectivity index (χ3v) is 9.75. The normalized spacial score (nSPS) is 47.4. The van der Waals surface area contributed by atoms with Gasteiger partial charge in [-0.05, 0) is 99.7 Å². The smallest absolute Gasteiger partial charge is 0.147 e. The number of ether oxygens (including phenoxy) is 1. The molecule has 4 aliphatic carbocycles. The maximum atomic E-state index is 12.5. The summed E-state index contributed by atoms with van der Waals surface area (Å²) in [5, 5.41) is 11.5. The summed E-state index contributed by atoms with van der Waals surface area (Å²) >= 11 is 3.42. The lowest BCUT2D eigenvalue weighted by molar-refractivity contribution is -0.136. The molecule has 0 unspecified atom stereocenters. The molecule has 4 fully saturated rings. The first-order valence-electron chi connectivity index (χ1n) is 11.3. The number of fused-ring (bicyclic) bond motifs is 5. The van der Waals surface area contributed by atoms with Crippen LogP contribution in [0.25, 0.3) is 0 Å². The Morgan fingerprint density at radius 2 is 1.82 bits per heavy atom. The van der Waals surface area contributed by atoms with Gasteiger partial charge in [-0.15, -0.1) is 0 Å². The van der Waals surface area contributed by atoms with E-state index < -0.39 is 5.60 Å². The highest BCUT2D eigenvalue weighted by atomic mass is 79.9. The molecule has 0 saturated heterocycles. The van der Waals surface area contributed by atoms with Crippen LogP contribution in [-0.2, 0) is 9.53 Å². The third-order valence-electron chi connectivity index (χ3n) is 9.20. The number of Topliss-reactive ketones (excluding diaryl/α,β-unsaturated/α-hetero) is 1. The van der Waals surface area contributed by atoms with Gasteiger partial charge < -0.3 is 9.84 Å². The van der Waals surface area contributed by atoms with Crippen LogP contribution in [0.2, 0.25) is 0 Å². The molecule has 4 aliphatic rings. The van der Waals surface area contributed by atoms with Crippen molar-refractivity contribution in [1.29, 1.82) is 0 Å². The van der Waals surface area contributed by atoms with Crippen molar-refractivity contribution >= 4 is 21.7 Å². The van der Waals surface area contributed by atoms with E-state index in [1.807, 2.05) is 6.92 Å². The predicted molar refractivity (Wildman–Crippen MR) is 118 cm³/mol. The first-order chi connectivity index (χ1) is 12.9. The van der Waals surface area contributed by atoms with Gasteiger partial charge in [0, 0.05) is 12.5 Å². The topological polar surface area (TPSA) is 46.5 Å². The number of hydrogen-bond acceptors (Lipinski definition) is 3. The molecule has 4 heteroatoms. The number of halogens is 1. The summed E-state index contributed by atoms with van der Waals surface area (Å²) in [5.74, 6) is 4.58. The minimum atomic E-state index is -0.589. The molecule has 0 bridgehead atoms. The summed E-state index contributed by atoms with van der Waals surface area (Å²) in [6, 6.07) is 0. The van der Waals surface area contributed by atoms with Gasteiger partial charge in [-0.3, -0.25) is 4.79 Å². The van der Waals surface area contributed by atoms with E-state index >= 15 is 0 Å². The summed E-state index contributed by atoms with van der Waals surface area (Å²) in [7, 11) is 0. The molecule has 3 nitrogen and oxygen atoms in total. The van der Waals surface area contributed by atoms with Crippen molar-refractivity contribution in [2.24, 2.45) is 40.9 Å². The molecule has 0 aromatic rings. The Morgan fingerprint density at radius 1 is 1.07 bits per heavy atom. The molecule has 4 saturated carbocycles. The number of hydrogen-bond donors (Lipinski definition) is 1. The molecular formula is C24H41BrO3. The van der Waals surface area contributed by atoms with Crippen LogP contribution in [0.15, 0.2) is 0 Å². The Morgan fingerprint density at radius 3 is 2.54 bits per heavy atom. The van der Waals surface area contributed by atoms with E-state index in [0.717, 1.165) is 42.9 Å². The first kappa shape index (κ1) is 22.7. The molecule has 0 radical (unpaired) electrons. The van der Waals surface area contributed by atoms with Gasteiger partial charge >= 0.3 is 0 Å². The minimum absolute atomic E-state index is 0. The van der Waals surface area contributed by atoms with Gasteiger partial charge in [0.25, 0.3) is 0 Å². The molecule has 1 N–H and O–H groups in total. The van der Waals surface area contributed by atoms with Crippen molar-refractivity contribution in [2.45, 2.75) is 84.7 Å². The summed E-state index contributed by atoms with van der Waals surface area (Å²) in [6.07, 6.45) is 10.5. The SMILES string of the molecule is C.CCOC[C@@]1(O)CC[C@H]2[C@@H](CC[C@@H]3[C@@H]2CC[C@]2(C)[C@@H](C(=O)CBr)CC[C@@H]32)C1. The van der Waals surface area contributed by atoms with Crippen LogP contribution in [0.3, 0.4) is 0 Å². The van der Waals surface area contributed by atoms with Gasteiger partial charge in [0.1, 0.15) is 5.78 Å². The number of rotatable bonds is 5. The van der Waals surface area contributed by atoms with Crippen LogP contribution in [0.4, 0.5) is 0 Å². The second-order valence-corrected chi connectivity index (χ2v) is 10.9. The standard InChI is InChI=1S/C23H37BrO3.CH4/c1-3-27-14-23(26)11-9-16-15(12-23)4-5-18-17(16)8-10-22(2)19(18)6-7-20(22)21(25)13-24;/h15-20,26H,3-14H2,1-2H3;1H4/t15-,16-,17+,18+,19-,20+,22-,23+;/m0./s1. The second kappa shape index (κ2) is 8.67. The average molecular weight is 457 g/mol. The van der Waals surface area contributed by atoms with E-state index in [-0.39, 0.29) is 18.8 Å². The van der Waals surface area contributed by atoms with Gasteiger partial charge in [0.2, 0.25) is 0 Å². The lowest BCUT2D eigenvalue weighted by atomic mass is 9.49. The highest BCUT2D eigenvalue weighted by Crippen LogP contribution is 2.64. The predicted octanol–water partition coefficient (Wildman–Crippen LogP) is 5.62. The Balaban J connectivity index is 0.00000225. The lowest BCUT2D eigenvalue weighted by Crippen LogP contribution is -2.52. The van der Waals surface area contributed by atoms with Crippen molar-refractivity contribution in [2.75, 3.05) is 18.5 Å². The second-order valence-electron chi connectivity index (χ2n) is 10.3. The zero-order valence-corrected chi connectivity index (χ0v) is 18.7. The molecule has 4 rings (SSSR count). The summed E-state index contributed by atoms with van der Waals surface area (Å²) < 4.78 is 5.59. The molecule has 28 heavy (non-hydrogen) atoms. The van der Waals surface area contributed by atoms with Gasteiger partial charge in [-0.25, -0.2) is 0 Å². The first-order valence-corrected chi connectivity index (χ1v) is 12.4. The lowest BCUT2D eigenvalue weighted by Gasteiger charge is -2.57. The maximum Gasteiger partial charge on any atom is 0.147 e. The van der Waals surface area contributed by atoms with E-state index in [1.165, 1.54) is 38.5 Å². The van der Waals surface area contributed by atoms with Gasteiger partial charge in [-0.1, -0.05) is 30.3 Å². The average Bonchev–Trinajstić information content (AvgIpc) is 3.02. The number of carbonyl (C=O) groups is 1. The molecular weight excluding hydrogens is 416 g/mol. The third kappa shape index (κ3) is 3.75. The van der Waals surface area contributed by atoms with Crippen molar-refractivity contribution in [3.63, 3.8) is 0 Å². The van der Waals surface area contributed by atoms with Crippen molar-refractivity contribution in [1.82, 2.24) is 0 Å². The maximum absolute atomic E-state index is 12.5. The van der Waals surface area contributed by atoms with E-state index in [0.29, 0.717) is 30.2 Å². The fourth-order valence-electron chi connectivity index (χ4n) is 8.01. The fraction of sp³-hybridized carbons (Fsp3) is 0.958. The molecule has 0 aromatic carbocycles. The number of aliphatic hydroxyl groups is 1. The Bertz CT molecular complexity index is 566. The van der Waals surface area contributed by atoms with E-state index in [2.05, 4.69) is 22.9 Å². The van der Waals surface area contributed by atoms with Gasteiger partial charge in [-0.2, -0.15) is 0 Å². The number of carbonyl (C=O) groups excluding carboxylic acids is 1. The van der Waals surface area contributed by atoms with E-state index in [9.17, 15) is 9.90 Å². The fourth-order valence-corrected chi connectivity index (χ4v) is 8.40. The molecule has 0 aromatic heterocycles. The Kier molecular flexibility index (Phi) is 7.04. The minimum Gasteiger partial charge on any atom is -0.387 e. The molecule has 162 valence electrons. The van der Waals surface area contributed by atoms with Crippen LogP contribution in [0, 0.1) is 40.9 Å². The number of ketones is 1. The molecule has 0 aliphatic heterocycles. The van der Waals surface area contributed by atoms with Crippen LogP contribution in [0.5, 0.6) is 0 Å². The molecule has 0 spiro atoms. The van der Waals surface area contributed by atoms with Gasteiger partial charge in [0.05, 0.1) is 17.5 Å². The molecule has 0 heterocycles. The summed E-state index contributed by atoms with van der Waals surface area (Å²) in [5.41, 5.74) is -0.350. The van der Waals surface area contributed by atoms with Crippen LogP contribution >= 0.6 is 15.9 Å². The highest BCUT2D eigenvalue weighted by Gasteiger charge is 2.58.